The van der Waals surface area contributed by atoms with Crippen molar-refractivity contribution in [3.63, 3.8) is 0 Å². The van der Waals surface area contributed by atoms with Crippen molar-refractivity contribution in [2.45, 2.75) is 38.5 Å². The minimum atomic E-state index is -0.739. The first-order valence-electron chi connectivity index (χ1n) is 11.2. The molecule has 3 aromatic rings. The second-order valence-corrected chi connectivity index (χ2v) is 8.12. The molecule has 33 heavy (non-hydrogen) atoms. The van der Waals surface area contributed by atoms with Crippen LogP contribution in [0.1, 0.15) is 19.4 Å². The van der Waals surface area contributed by atoms with Gasteiger partial charge in [-0.2, -0.15) is 0 Å². The average molecular weight is 455 g/mol. The highest BCUT2D eigenvalue weighted by Crippen LogP contribution is 2.33. The number of esters is 1. The Bertz CT molecular complexity index is 1080. The summed E-state index contributed by atoms with van der Waals surface area (Å²) in [5.41, 5.74) is 2.07. The normalized spacial score (nSPS) is 16.9. The van der Waals surface area contributed by atoms with Crippen molar-refractivity contribution in [3.05, 3.63) is 54.2 Å². The van der Waals surface area contributed by atoms with Crippen LogP contribution in [0, 0.1) is 0 Å². The number of fused-ring (bicyclic) bond motifs is 2. The predicted octanol–water partition coefficient (Wildman–Crippen LogP) is 2.83. The molecule has 1 aromatic heterocycles. The van der Waals surface area contributed by atoms with E-state index in [4.69, 9.17) is 18.9 Å². The molecule has 176 valence electrons. The average Bonchev–Trinajstić information content (AvgIpc) is 3.31. The van der Waals surface area contributed by atoms with Crippen LogP contribution in [0.4, 0.5) is 0 Å². The molecule has 0 amide bonds. The molecular weight excluding hydrogens is 424 g/mol. The Balaban J connectivity index is 1.23. The van der Waals surface area contributed by atoms with Crippen molar-refractivity contribution in [1.29, 1.82) is 0 Å². The minimum absolute atomic E-state index is 0.127. The standard InChI is InChI=1S/C25H30N2O6/c1-3-30-25(29)24-15-32-23-12-17(7-8-22(23)33-24)11-16(2)27-13-18(28)14-31-21-6-4-5-20-19(21)9-10-26-20/h4-10,12,16,18,24,26-28H,3,11,13-15H2,1-2H3/t16-,18+,24-/m1/s1. The number of ether oxygens (including phenoxy) is 4. The predicted molar refractivity (Wildman–Crippen MR) is 124 cm³/mol. The number of rotatable bonds is 10. The third-order valence-electron chi connectivity index (χ3n) is 5.45. The summed E-state index contributed by atoms with van der Waals surface area (Å²) >= 11 is 0. The van der Waals surface area contributed by atoms with Crippen LogP contribution < -0.4 is 19.5 Å². The summed E-state index contributed by atoms with van der Waals surface area (Å²) < 4.78 is 22.2. The molecule has 0 saturated heterocycles. The molecule has 1 aliphatic rings. The molecule has 8 heteroatoms. The Hall–Kier alpha value is -3.23. The molecule has 1 aliphatic heterocycles. The maximum atomic E-state index is 11.9. The number of carbonyl (C=O) groups is 1. The summed E-state index contributed by atoms with van der Waals surface area (Å²) in [6.07, 6.45) is 1.24. The van der Waals surface area contributed by atoms with Crippen molar-refractivity contribution in [1.82, 2.24) is 10.3 Å². The van der Waals surface area contributed by atoms with Gasteiger partial charge in [-0.1, -0.05) is 12.1 Å². The van der Waals surface area contributed by atoms with Gasteiger partial charge in [0.05, 0.1) is 6.61 Å². The third kappa shape index (κ3) is 5.77. The molecule has 0 saturated carbocycles. The second-order valence-electron chi connectivity index (χ2n) is 8.12. The number of hydrogen-bond acceptors (Lipinski definition) is 7. The van der Waals surface area contributed by atoms with Gasteiger partial charge in [0.25, 0.3) is 0 Å². The fourth-order valence-electron chi connectivity index (χ4n) is 3.78. The summed E-state index contributed by atoms with van der Waals surface area (Å²) in [6.45, 7) is 4.87. The number of aliphatic hydroxyl groups is 1. The van der Waals surface area contributed by atoms with Gasteiger partial charge < -0.3 is 34.4 Å². The van der Waals surface area contributed by atoms with E-state index in [0.717, 1.165) is 28.6 Å². The molecular formula is C25H30N2O6. The van der Waals surface area contributed by atoms with Crippen molar-refractivity contribution in [2.75, 3.05) is 26.4 Å². The van der Waals surface area contributed by atoms with Crippen LogP contribution in [0.25, 0.3) is 10.9 Å². The fourth-order valence-corrected chi connectivity index (χ4v) is 3.78. The Labute approximate surface area is 192 Å². The van der Waals surface area contributed by atoms with E-state index in [-0.39, 0.29) is 19.3 Å². The van der Waals surface area contributed by atoms with Crippen LogP contribution in [-0.2, 0) is 16.0 Å². The number of carbonyl (C=O) groups excluding carboxylic acids is 1. The first kappa shape index (κ1) is 22.9. The number of aliphatic hydroxyl groups excluding tert-OH is 1. The van der Waals surface area contributed by atoms with E-state index >= 15 is 0 Å². The molecule has 0 spiro atoms. The lowest BCUT2D eigenvalue weighted by atomic mass is 10.1. The molecule has 3 N–H and O–H groups in total. The van der Waals surface area contributed by atoms with Crippen molar-refractivity contribution >= 4 is 16.9 Å². The molecule has 0 fully saturated rings. The number of hydrogen-bond donors (Lipinski definition) is 3. The largest absolute Gasteiger partial charge is 0.490 e. The monoisotopic (exact) mass is 454 g/mol. The van der Waals surface area contributed by atoms with E-state index in [9.17, 15) is 9.90 Å². The minimum Gasteiger partial charge on any atom is -0.490 e. The van der Waals surface area contributed by atoms with E-state index in [1.165, 1.54) is 0 Å². The highest BCUT2D eigenvalue weighted by atomic mass is 16.6. The molecule has 0 radical (unpaired) electrons. The van der Waals surface area contributed by atoms with Crippen LogP contribution in [0.2, 0.25) is 0 Å². The molecule has 2 heterocycles. The molecule has 4 rings (SSSR count). The number of benzene rings is 2. The summed E-state index contributed by atoms with van der Waals surface area (Å²) in [5.74, 6) is 1.49. The summed E-state index contributed by atoms with van der Waals surface area (Å²) in [4.78, 5) is 15.0. The van der Waals surface area contributed by atoms with Crippen LogP contribution in [0.15, 0.2) is 48.7 Å². The lowest BCUT2D eigenvalue weighted by Crippen LogP contribution is -2.38. The van der Waals surface area contributed by atoms with Crippen LogP contribution in [0.5, 0.6) is 17.2 Å². The zero-order valence-electron chi connectivity index (χ0n) is 18.9. The topological polar surface area (TPSA) is 102 Å². The number of aromatic nitrogens is 1. The summed E-state index contributed by atoms with van der Waals surface area (Å²) in [7, 11) is 0. The first-order valence-corrected chi connectivity index (χ1v) is 11.2. The number of H-pyrrole nitrogens is 1. The maximum absolute atomic E-state index is 11.9. The number of aromatic amines is 1. The highest BCUT2D eigenvalue weighted by Gasteiger charge is 2.28. The fraction of sp³-hybridized carbons (Fsp3) is 0.400. The van der Waals surface area contributed by atoms with Crippen molar-refractivity contribution < 1.29 is 28.8 Å². The van der Waals surface area contributed by atoms with E-state index in [1.54, 1.807) is 6.92 Å². The zero-order chi connectivity index (χ0) is 23.2. The van der Waals surface area contributed by atoms with E-state index in [2.05, 4.69) is 17.2 Å². The van der Waals surface area contributed by atoms with Gasteiger partial charge in [0.15, 0.2) is 11.5 Å². The molecule has 2 aromatic carbocycles. The Morgan fingerprint density at radius 1 is 1.27 bits per heavy atom. The second kappa shape index (κ2) is 10.6. The number of nitrogens with one attached hydrogen (secondary N) is 2. The maximum Gasteiger partial charge on any atom is 0.350 e. The van der Waals surface area contributed by atoms with Gasteiger partial charge >= 0.3 is 5.97 Å². The molecule has 0 aliphatic carbocycles. The molecule has 0 unspecified atom stereocenters. The van der Waals surface area contributed by atoms with Gasteiger partial charge in [0.2, 0.25) is 6.10 Å². The van der Waals surface area contributed by atoms with E-state index in [0.29, 0.717) is 24.7 Å². The van der Waals surface area contributed by atoms with Gasteiger partial charge in [-0.3, -0.25) is 0 Å². The first-order chi connectivity index (χ1) is 16.0. The summed E-state index contributed by atoms with van der Waals surface area (Å²) in [5, 5.41) is 14.7. The SMILES string of the molecule is CCOC(=O)[C@H]1COc2cc(C[C@@H](C)NC[C@H](O)COc3cccc4[nH]ccc34)ccc2O1. The lowest BCUT2D eigenvalue weighted by Gasteiger charge is -2.25. The molecule has 8 nitrogen and oxygen atoms in total. The molecule has 3 atom stereocenters. The van der Waals surface area contributed by atoms with Crippen molar-refractivity contribution in [2.24, 2.45) is 0 Å². The van der Waals surface area contributed by atoms with Gasteiger partial charge in [-0.15, -0.1) is 0 Å². The summed E-state index contributed by atoms with van der Waals surface area (Å²) in [6, 6.07) is 13.6. The van der Waals surface area contributed by atoms with Gasteiger partial charge in [0, 0.05) is 29.7 Å². The van der Waals surface area contributed by atoms with E-state index in [1.807, 2.05) is 48.7 Å². The molecule has 0 bridgehead atoms. The smallest absolute Gasteiger partial charge is 0.350 e. The van der Waals surface area contributed by atoms with Crippen LogP contribution in [0.3, 0.4) is 0 Å². The zero-order valence-corrected chi connectivity index (χ0v) is 18.9. The van der Waals surface area contributed by atoms with Crippen molar-refractivity contribution in [3.8, 4) is 17.2 Å². The Morgan fingerprint density at radius 3 is 3.00 bits per heavy atom. The van der Waals surface area contributed by atoms with E-state index < -0.39 is 18.2 Å². The van der Waals surface area contributed by atoms with Gasteiger partial charge in [-0.05, 0) is 56.2 Å². The quantitative estimate of drug-likeness (QED) is 0.405. The Kier molecular flexibility index (Phi) is 7.36. The highest BCUT2D eigenvalue weighted by molar-refractivity contribution is 5.85. The van der Waals surface area contributed by atoms with Crippen LogP contribution in [-0.4, -0.2) is 60.7 Å². The van der Waals surface area contributed by atoms with Gasteiger partial charge in [0.1, 0.15) is 25.1 Å². The Morgan fingerprint density at radius 2 is 2.15 bits per heavy atom. The van der Waals surface area contributed by atoms with Crippen LogP contribution >= 0.6 is 0 Å². The van der Waals surface area contributed by atoms with Gasteiger partial charge in [-0.25, -0.2) is 4.79 Å². The third-order valence-corrected chi connectivity index (χ3v) is 5.45. The lowest BCUT2D eigenvalue weighted by molar-refractivity contribution is -0.153.